The molecule has 5 nitrogen and oxygen atoms in total. The van der Waals surface area contributed by atoms with Crippen LogP contribution in [0.25, 0.3) is 0 Å². The third-order valence-corrected chi connectivity index (χ3v) is 4.01. The van der Waals surface area contributed by atoms with Gasteiger partial charge in [-0.15, -0.1) is 0 Å². The lowest BCUT2D eigenvalue weighted by atomic mass is 9.92. The molecule has 0 saturated heterocycles. The Kier molecular flexibility index (Phi) is 4.53. The van der Waals surface area contributed by atoms with Gasteiger partial charge in [0.2, 0.25) is 0 Å². The average molecular weight is 343 g/mol. The summed E-state index contributed by atoms with van der Waals surface area (Å²) in [7, 11) is 1.57. The normalized spacial score (nSPS) is 16.7. The Labute approximate surface area is 144 Å². The number of urea groups is 1. The molecule has 2 amide bonds. The fraction of sp³-hybridized carbons (Fsp3) is 0.111. The number of amides is 2. The molecule has 2 aromatic carbocycles. The molecule has 0 fully saturated rings. The van der Waals surface area contributed by atoms with Crippen molar-refractivity contribution in [2.45, 2.75) is 6.04 Å². The van der Waals surface area contributed by atoms with Crippen molar-refractivity contribution in [3.8, 4) is 5.75 Å². The Bertz CT molecular complexity index is 798. The maximum atomic E-state index is 12.8. The quantitative estimate of drug-likeness (QED) is 0.836. The number of Topliss-reactive ketones (excluding diaryl/α,β-unsaturated/α-hetero) is 1. The van der Waals surface area contributed by atoms with Gasteiger partial charge in [0.1, 0.15) is 5.75 Å². The zero-order valence-corrected chi connectivity index (χ0v) is 13.6. The minimum atomic E-state index is -0.536. The van der Waals surface area contributed by atoms with Gasteiger partial charge in [0, 0.05) is 22.4 Å². The van der Waals surface area contributed by atoms with Crippen molar-refractivity contribution >= 4 is 23.4 Å². The summed E-state index contributed by atoms with van der Waals surface area (Å²) in [5.41, 5.74) is 1.74. The molecule has 0 aliphatic carbocycles. The number of hydrogen-bond acceptors (Lipinski definition) is 3. The van der Waals surface area contributed by atoms with Gasteiger partial charge in [0.25, 0.3) is 0 Å². The first-order chi connectivity index (χ1) is 11.6. The molecule has 0 bridgehead atoms. The third kappa shape index (κ3) is 3.26. The van der Waals surface area contributed by atoms with Gasteiger partial charge in [0.15, 0.2) is 5.78 Å². The second-order valence-corrected chi connectivity index (χ2v) is 5.70. The summed E-state index contributed by atoms with van der Waals surface area (Å²) >= 11 is 5.91. The van der Waals surface area contributed by atoms with Crippen LogP contribution in [0.5, 0.6) is 5.75 Å². The van der Waals surface area contributed by atoms with Gasteiger partial charge >= 0.3 is 6.03 Å². The number of carbonyl (C=O) groups excluding carboxylic acids is 2. The van der Waals surface area contributed by atoms with E-state index in [1.54, 1.807) is 55.6 Å². The molecule has 0 saturated carbocycles. The van der Waals surface area contributed by atoms with Crippen molar-refractivity contribution in [2.24, 2.45) is 0 Å². The van der Waals surface area contributed by atoms with Crippen LogP contribution in [0.4, 0.5) is 4.79 Å². The predicted molar refractivity (Wildman–Crippen MR) is 91.3 cm³/mol. The largest absolute Gasteiger partial charge is 0.497 e. The van der Waals surface area contributed by atoms with Crippen LogP contribution < -0.4 is 15.4 Å². The van der Waals surface area contributed by atoms with Crippen molar-refractivity contribution in [1.82, 2.24) is 10.6 Å². The molecule has 1 atom stereocenters. The summed E-state index contributed by atoms with van der Waals surface area (Å²) < 4.78 is 5.10. The maximum absolute atomic E-state index is 12.8. The molecule has 2 N–H and O–H groups in total. The van der Waals surface area contributed by atoms with Crippen LogP contribution in [0.3, 0.4) is 0 Å². The predicted octanol–water partition coefficient (Wildman–Crippen LogP) is 3.47. The van der Waals surface area contributed by atoms with Gasteiger partial charge in [-0.1, -0.05) is 23.7 Å². The van der Waals surface area contributed by atoms with Gasteiger partial charge in [-0.2, -0.15) is 0 Å². The van der Waals surface area contributed by atoms with Crippen molar-refractivity contribution in [3.63, 3.8) is 0 Å². The second-order valence-electron chi connectivity index (χ2n) is 5.26. The summed E-state index contributed by atoms with van der Waals surface area (Å²) in [6.07, 6.45) is 1.45. The van der Waals surface area contributed by atoms with Gasteiger partial charge < -0.3 is 15.4 Å². The number of carbonyl (C=O) groups is 2. The summed E-state index contributed by atoms with van der Waals surface area (Å²) in [6, 6.07) is 12.9. The van der Waals surface area contributed by atoms with Crippen LogP contribution in [0.1, 0.15) is 22.0 Å². The zero-order valence-electron chi connectivity index (χ0n) is 12.9. The Morgan fingerprint density at radius 3 is 2.38 bits per heavy atom. The van der Waals surface area contributed by atoms with Gasteiger partial charge in [-0.25, -0.2) is 4.79 Å². The Balaban J connectivity index is 1.94. The Morgan fingerprint density at radius 1 is 1.08 bits per heavy atom. The summed E-state index contributed by atoms with van der Waals surface area (Å²) in [4.78, 5) is 24.5. The summed E-state index contributed by atoms with van der Waals surface area (Å²) in [6.45, 7) is 0. The van der Waals surface area contributed by atoms with Crippen LogP contribution in [0.2, 0.25) is 5.02 Å². The van der Waals surface area contributed by atoms with E-state index in [4.69, 9.17) is 16.3 Å². The van der Waals surface area contributed by atoms with E-state index in [0.29, 0.717) is 21.9 Å². The van der Waals surface area contributed by atoms with Crippen LogP contribution in [0.15, 0.2) is 60.3 Å². The Morgan fingerprint density at radius 2 is 1.75 bits per heavy atom. The number of methoxy groups -OCH3 is 1. The molecule has 6 heteroatoms. The van der Waals surface area contributed by atoms with E-state index < -0.39 is 6.04 Å². The van der Waals surface area contributed by atoms with E-state index in [2.05, 4.69) is 10.6 Å². The van der Waals surface area contributed by atoms with Crippen LogP contribution in [-0.4, -0.2) is 18.9 Å². The number of halogens is 1. The molecule has 1 aliphatic heterocycles. The molecular weight excluding hydrogens is 328 g/mol. The molecule has 122 valence electrons. The van der Waals surface area contributed by atoms with Crippen molar-refractivity contribution in [2.75, 3.05) is 7.11 Å². The molecule has 0 radical (unpaired) electrons. The molecule has 1 aliphatic rings. The first kappa shape index (κ1) is 16.1. The highest BCUT2D eigenvalue weighted by atomic mass is 35.5. The van der Waals surface area contributed by atoms with E-state index in [-0.39, 0.29) is 11.8 Å². The summed E-state index contributed by atoms with van der Waals surface area (Å²) in [5, 5.41) is 5.89. The van der Waals surface area contributed by atoms with E-state index in [9.17, 15) is 9.59 Å². The number of benzene rings is 2. The van der Waals surface area contributed by atoms with Gasteiger partial charge in [-0.05, 0) is 42.0 Å². The van der Waals surface area contributed by atoms with E-state index in [1.165, 1.54) is 6.20 Å². The SMILES string of the molecule is COc1ccc(C(=O)C2=CNC(=O)NC2c2ccc(Cl)cc2)cc1. The highest BCUT2D eigenvalue weighted by molar-refractivity contribution is 6.30. The van der Waals surface area contributed by atoms with Gasteiger partial charge in [0.05, 0.1) is 13.2 Å². The lowest BCUT2D eigenvalue weighted by Gasteiger charge is -2.25. The van der Waals surface area contributed by atoms with Crippen LogP contribution in [-0.2, 0) is 0 Å². The first-order valence-electron chi connectivity index (χ1n) is 7.30. The number of hydrogen-bond donors (Lipinski definition) is 2. The van der Waals surface area contributed by atoms with Gasteiger partial charge in [-0.3, -0.25) is 4.79 Å². The fourth-order valence-electron chi connectivity index (χ4n) is 2.50. The Hall–Kier alpha value is -2.79. The molecule has 1 heterocycles. The third-order valence-electron chi connectivity index (χ3n) is 3.76. The number of ketones is 1. The highest BCUT2D eigenvalue weighted by Gasteiger charge is 2.28. The van der Waals surface area contributed by atoms with Crippen LogP contribution in [0, 0.1) is 0 Å². The second kappa shape index (κ2) is 6.76. The first-order valence-corrected chi connectivity index (χ1v) is 7.67. The standard InChI is InChI=1S/C18H15ClN2O3/c1-24-14-8-4-12(5-9-14)17(22)15-10-20-18(23)21-16(15)11-2-6-13(19)7-3-11/h2-10,16H,1H3,(H2,20,21,23). The lowest BCUT2D eigenvalue weighted by molar-refractivity contribution is 0.102. The van der Waals surface area contributed by atoms with E-state index in [0.717, 1.165) is 5.56 Å². The molecule has 24 heavy (non-hydrogen) atoms. The number of nitrogens with one attached hydrogen (secondary N) is 2. The minimum absolute atomic E-state index is 0.176. The molecule has 1 unspecified atom stereocenters. The molecule has 3 rings (SSSR count). The summed E-state index contributed by atoms with van der Waals surface area (Å²) in [5.74, 6) is 0.495. The number of rotatable bonds is 4. The smallest absolute Gasteiger partial charge is 0.319 e. The van der Waals surface area contributed by atoms with Crippen molar-refractivity contribution in [1.29, 1.82) is 0 Å². The fourth-order valence-corrected chi connectivity index (χ4v) is 2.63. The number of ether oxygens (including phenoxy) is 1. The topological polar surface area (TPSA) is 67.4 Å². The van der Waals surface area contributed by atoms with E-state index in [1.807, 2.05) is 0 Å². The maximum Gasteiger partial charge on any atom is 0.319 e. The molecule has 0 aromatic heterocycles. The lowest BCUT2D eigenvalue weighted by Crippen LogP contribution is -2.42. The monoisotopic (exact) mass is 342 g/mol. The average Bonchev–Trinajstić information content (AvgIpc) is 2.62. The molecular formula is C18H15ClN2O3. The molecule has 2 aromatic rings. The van der Waals surface area contributed by atoms with Crippen molar-refractivity contribution in [3.05, 3.63) is 76.5 Å². The highest BCUT2D eigenvalue weighted by Crippen LogP contribution is 2.28. The van der Waals surface area contributed by atoms with Crippen molar-refractivity contribution < 1.29 is 14.3 Å². The zero-order chi connectivity index (χ0) is 17.1. The minimum Gasteiger partial charge on any atom is -0.497 e. The molecule has 0 spiro atoms. The van der Waals surface area contributed by atoms with E-state index >= 15 is 0 Å². The van der Waals surface area contributed by atoms with Crippen LogP contribution >= 0.6 is 11.6 Å².